The average molecular weight is 257 g/mol. The summed E-state index contributed by atoms with van der Waals surface area (Å²) in [4.78, 5) is 23.6. The highest BCUT2D eigenvalue weighted by atomic mass is 35.5. The molecule has 1 saturated heterocycles. The van der Waals surface area contributed by atoms with Gasteiger partial charge in [0.1, 0.15) is 17.5 Å². The largest absolute Gasteiger partial charge is 0.380 e. The molecule has 0 bridgehead atoms. The summed E-state index contributed by atoms with van der Waals surface area (Å²) in [6.07, 6.45) is 0.231. The van der Waals surface area contributed by atoms with Gasteiger partial charge < -0.3 is 4.74 Å². The highest BCUT2D eigenvalue weighted by molar-refractivity contribution is 6.34. The van der Waals surface area contributed by atoms with Crippen molar-refractivity contribution in [2.24, 2.45) is 5.92 Å². The number of carbonyl (C=O) groups excluding carboxylic acids is 2. The maximum Gasteiger partial charge on any atom is 0.177 e. The van der Waals surface area contributed by atoms with Gasteiger partial charge in [-0.2, -0.15) is 0 Å². The van der Waals surface area contributed by atoms with Gasteiger partial charge in [0.2, 0.25) is 0 Å². The van der Waals surface area contributed by atoms with Gasteiger partial charge in [0.05, 0.1) is 18.2 Å². The van der Waals surface area contributed by atoms with Crippen molar-refractivity contribution in [1.29, 1.82) is 0 Å². The molecule has 1 unspecified atom stereocenters. The van der Waals surface area contributed by atoms with Crippen LogP contribution in [0.25, 0.3) is 0 Å². The van der Waals surface area contributed by atoms with Crippen LogP contribution in [-0.4, -0.2) is 24.8 Å². The van der Waals surface area contributed by atoms with Gasteiger partial charge in [-0.25, -0.2) is 4.39 Å². The van der Waals surface area contributed by atoms with E-state index in [0.29, 0.717) is 6.61 Å². The quantitative estimate of drug-likeness (QED) is 0.602. The van der Waals surface area contributed by atoms with Gasteiger partial charge in [0.25, 0.3) is 0 Å². The summed E-state index contributed by atoms with van der Waals surface area (Å²) in [5, 5.41) is 0.0216. The molecule has 3 nitrogen and oxygen atoms in total. The highest BCUT2D eigenvalue weighted by Gasteiger charge is 2.31. The van der Waals surface area contributed by atoms with E-state index < -0.39 is 17.5 Å². The summed E-state index contributed by atoms with van der Waals surface area (Å²) >= 11 is 5.78. The van der Waals surface area contributed by atoms with E-state index in [1.807, 2.05) is 0 Å². The summed E-state index contributed by atoms with van der Waals surface area (Å²) in [7, 11) is 0. The standard InChI is InChI=1S/C12H10ClFO3/c13-10-5-7(14)1-2-8(10)12(16)9-6-17-4-3-11(9)15/h1-2,5,9H,3-4,6H2. The number of hydrogen-bond donors (Lipinski definition) is 0. The van der Waals surface area contributed by atoms with E-state index in [2.05, 4.69) is 0 Å². The zero-order valence-corrected chi connectivity index (χ0v) is 9.67. The third-order valence-electron chi connectivity index (χ3n) is 2.68. The number of benzene rings is 1. The van der Waals surface area contributed by atoms with Gasteiger partial charge in [-0.1, -0.05) is 11.6 Å². The zero-order chi connectivity index (χ0) is 12.4. The normalized spacial score (nSPS) is 20.4. The van der Waals surface area contributed by atoms with Crippen LogP contribution in [0.2, 0.25) is 5.02 Å². The Bertz CT molecular complexity index is 473. The first-order valence-corrected chi connectivity index (χ1v) is 5.57. The first-order valence-electron chi connectivity index (χ1n) is 5.19. The molecule has 17 heavy (non-hydrogen) atoms. The van der Waals surface area contributed by atoms with Gasteiger partial charge in [0.15, 0.2) is 5.78 Å². The minimum absolute atomic E-state index is 0.0216. The van der Waals surface area contributed by atoms with Crippen LogP contribution in [0, 0.1) is 11.7 Å². The molecule has 90 valence electrons. The molecule has 1 aliphatic heterocycles. The van der Waals surface area contributed by atoms with E-state index in [9.17, 15) is 14.0 Å². The fourth-order valence-electron chi connectivity index (χ4n) is 1.74. The number of hydrogen-bond acceptors (Lipinski definition) is 3. The van der Waals surface area contributed by atoms with Crippen LogP contribution in [0.15, 0.2) is 18.2 Å². The molecule has 5 heteroatoms. The van der Waals surface area contributed by atoms with Crippen LogP contribution in [0.3, 0.4) is 0 Å². The second kappa shape index (κ2) is 4.94. The lowest BCUT2D eigenvalue weighted by Crippen LogP contribution is -2.34. The molecule has 1 heterocycles. The van der Waals surface area contributed by atoms with E-state index in [-0.39, 0.29) is 29.4 Å². The molecule has 1 aromatic rings. The fraction of sp³-hybridized carbons (Fsp3) is 0.333. The minimum Gasteiger partial charge on any atom is -0.380 e. The topological polar surface area (TPSA) is 43.4 Å². The number of carbonyl (C=O) groups is 2. The number of halogens is 2. The molecular weight excluding hydrogens is 247 g/mol. The Hall–Kier alpha value is -1.26. The molecule has 2 rings (SSSR count). The van der Waals surface area contributed by atoms with Crippen molar-refractivity contribution in [3.05, 3.63) is 34.6 Å². The van der Waals surface area contributed by atoms with Gasteiger partial charge in [-0.05, 0) is 18.2 Å². The number of ketones is 2. The molecule has 0 radical (unpaired) electrons. The predicted octanol–water partition coefficient (Wildman–Crippen LogP) is 2.27. The summed E-state index contributed by atoms with van der Waals surface area (Å²) in [6.45, 7) is 0.422. The van der Waals surface area contributed by atoms with E-state index in [0.717, 1.165) is 12.1 Å². The summed E-state index contributed by atoms with van der Waals surface area (Å²) in [5.74, 6) is -1.88. The van der Waals surface area contributed by atoms with Crippen molar-refractivity contribution in [1.82, 2.24) is 0 Å². The SMILES string of the molecule is O=C1CCOCC1C(=O)c1ccc(F)cc1Cl. The monoisotopic (exact) mass is 256 g/mol. The Balaban J connectivity index is 2.27. The molecule has 0 aromatic heterocycles. The summed E-state index contributed by atoms with van der Waals surface area (Å²) in [6, 6.07) is 3.50. The van der Waals surface area contributed by atoms with Crippen molar-refractivity contribution >= 4 is 23.2 Å². The Morgan fingerprint density at radius 1 is 1.47 bits per heavy atom. The molecule has 1 atom stereocenters. The average Bonchev–Trinajstić information content (AvgIpc) is 2.29. The molecule has 0 spiro atoms. The van der Waals surface area contributed by atoms with Gasteiger partial charge in [-0.15, -0.1) is 0 Å². The van der Waals surface area contributed by atoms with Crippen LogP contribution in [0.1, 0.15) is 16.8 Å². The van der Waals surface area contributed by atoms with Crippen molar-refractivity contribution in [3.8, 4) is 0 Å². The lowest BCUT2D eigenvalue weighted by Gasteiger charge is -2.20. The zero-order valence-electron chi connectivity index (χ0n) is 8.91. The van der Waals surface area contributed by atoms with Crippen LogP contribution in [0.5, 0.6) is 0 Å². The van der Waals surface area contributed by atoms with Crippen molar-refractivity contribution < 1.29 is 18.7 Å². The van der Waals surface area contributed by atoms with Crippen molar-refractivity contribution in [3.63, 3.8) is 0 Å². The molecule has 0 N–H and O–H groups in total. The van der Waals surface area contributed by atoms with Crippen LogP contribution in [-0.2, 0) is 9.53 Å². The van der Waals surface area contributed by atoms with E-state index in [4.69, 9.17) is 16.3 Å². The number of ether oxygens (including phenoxy) is 1. The maximum atomic E-state index is 12.8. The predicted molar refractivity (Wildman–Crippen MR) is 59.7 cm³/mol. The lowest BCUT2D eigenvalue weighted by atomic mass is 9.91. The van der Waals surface area contributed by atoms with E-state index >= 15 is 0 Å². The molecule has 1 aromatic carbocycles. The maximum absolute atomic E-state index is 12.8. The highest BCUT2D eigenvalue weighted by Crippen LogP contribution is 2.23. The lowest BCUT2D eigenvalue weighted by molar-refractivity contribution is -0.128. The molecule has 0 aliphatic carbocycles. The Kier molecular flexibility index (Phi) is 3.54. The van der Waals surface area contributed by atoms with Gasteiger partial charge in [0, 0.05) is 12.0 Å². The Morgan fingerprint density at radius 2 is 2.24 bits per heavy atom. The summed E-state index contributed by atoms with van der Waals surface area (Å²) < 4.78 is 17.9. The van der Waals surface area contributed by atoms with E-state index in [1.54, 1.807) is 0 Å². The molecule has 1 fully saturated rings. The van der Waals surface area contributed by atoms with Crippen LogP contribution in [0.4, 0.5) is 4.39 Å². The third-order valence-corrected chi connectivity index (χ3v) is 2.99. The minimum atomic E-state index is -0.813. The van der Waals surface area contributed by atoms with Crippen LogP contribution >= 0.6 is 11.6 Å². The van der Waals surface area contributed by atoms with Crippen LogP contribution < -0.4 is 0 Å². The van der Waals surface area contributed by atoms with Crippen molar-refractivity contribution in [2.75, 3.05) is 13.2 Å². The Labute approximate surface area is 103 Å². The first-order chi connectivity index (χ1) is 8.09. The van der Waals surface area contributed by atoms with Gasteiger partial charge >= 0.3 is 0 Å². The van der Waals surface area contributed by atoms with E-state index in [1.165, 1.54) is 6.07 Å². The molecular formula is C12H10ClFO3. The smallest absolute Gasteiger partial charge is 0.177 e. The first kappa shape index (κ1) is 12.2. The second-order valence-corrected chi connectivity index (χ2v) is 4.24. The second-order valence-electron chi connectivity index (χ2n) is 3.83. The molecule has 0 saturated carbocycles. The third kappa shape index (κ3) is 2.53. The van der Waals surface area contributed by atoms with Gasteiger partial charge in [-0.3, -0.25) is 9.59 Å². The number of rotatable bonds is 2. The van der Waals surface area contributed by atoms with Crippen molar-refractivity contribution in [2.45, 2.75) is 6.42 Å². The fourth-order valence-corrected chi connectivity index (χ4v) is 2.00. The molecule has 1 aliphatic rings. The number of Topliss-reactive ketones (excluding diaryl/α,β-unsaturated/α-hetero) is 2. The summed E-state index contributed by atoms with van der Waals surface area (Å²) in [5.41, 5.74) is 0.164. The Morgan fingerprint density at radius 3 is 2.88 bits per heavy atom. The molecule has 0 amide bonds.